The summed E-state index contributed by atoms with van der Waals surface area (Å²) in [6.45, 7) is 4.74. The van der Waals surface area contributed by atoms with Crippen LogP contribution < -0.4 is 10.2 Å². The predicted octanol–water partition coefficient (Wildman–Crippen LogP) is 1.56. The Labute approximate surface area is 110 Å². The molecule has 2 aliphatic rings. The molecule has 0 aliphatic carbocycles. The molecule has 2 fully saturated rings. The molecule has 0 bridgehead atoms. The second-order valence-electron chi connectivity index (χ2n) is 5.53. The van der Waals surface area contributed by atoms with Crippen LogP contribution in [0, 0.1) is 0 Å². The SMILES string of the molecule is CN(C1CCN(c2ccccc2)CC1)C1CNC1. The van der Waals surface area contributed by atoms with Crippen molar-refractivity contribution in [2.75, 3.05) is 38.1 Å². The number of nitrogens with zero attached hydrogens (tertiary/aromatic N) is 2. The molecule has 2 heterocycles. The summed E-state index contributed by atoms with van der Waals surface area (Å²) in [5.41, 5.74) is 1.38. The zero-order valence-electron chi connectivity index (χ0n) is 11.2. The maximum absolute atomic E-state index is 3.36. The molecule has 0 unspecified atom stereocenters. The van der Waals surface area contributed by atoms with Gasteiger partial charge in [0.1, 0.15) is 0 Å². The monoisotopic (exact) mass is 245 g/mol. The van der Waals surface area contributed by atoms with E-state index in [4.69, 9.17) is 0 Å². The van der Waals surface area contributed by atoms with E-state index in [0.717, 1.165) is 12.1 Å². The number of piperidine rings is 1. The van der Waals surface area contributed by atoms with E-state index in [0.29, 0.717) is 0 Å². The summed E-state index contributed by atoms with van der Waals surface area (Å²) >= 11 is 0. The minimum atomic E-state index is 0.775. The molecule has 1 N–H and O–H groups in total. The first-order valence-electron chi connectivity index (χ1n) is 7.07. The van der Waals surface area contributed by atoms with Gasteiger partial charge in [-0.15, -0.1) is 0 Å². The number of hydrogen-bond acceptors (Lipinski definition) is 3. The normalized spacial score (nSPS) is 22.2. The van der Waals surface area contributed by atoms with Crippen LogP contribution in [0.25, 0.3) is 0 Å². The van der Waals surface area contributed by atoms with Crippen molar-refractivity contribution in [3.63, 3.8) is 0 Å². The average Bonchev–Trinajstić information content (AvgIpc) is 2.38. The van der Waals surface area contributed by atoms with Gasteiger partial charge in [-0.2, -0.15) is 0 Å². The summed E-state index contributed by atoms with van der Waals surface area (Å²) in [6.07, 6.45) is 2.59. The molecular formula is C15H23N3. The lowest BCUT2D eigenvalue weighted by atomic mass is 9.99. The highest BCUT2D eigenvalue weighted by atomic mass is 15.3. The van der Waals surface area contributed by atoms with Gasteiger partial charge in [0.25, 0.3) is 0 Å². The molecule has 0 amide bonds. The smallest absolute Gasteiger partial charge is 0.0366 e. The second kappa shape index (κ2) is 5.29. The van der Waals surface area contributed by atoms with Gasteiger partial charge in [-0.05, 0) is 32.0 Å². The molecular weight excluding hydrogens is 222 g/mol. The minimum Gasteiger partial charge on any atom is -0.371 e. The van der Waals surface area contributed by atoms with Crippen LogP contribution in [0.15, 0.2) is 30.3 Å². The number of rotatable bonds is 3. The molecule has 0 saturated carbocycles. The molecule has 0 atom stereocenters. The fourth-order valence-electron chi connectivity index (χ4n) is 3.03. The molecule has 2 aliphatic heterocycles. The molecule has 1 aromatic rings. The fourth-order valence-corrected chi connectivity index (χ4v) is 3.03. The Morgan fingerprint density at radius 1 is 1.06 bits per heavy atom. The number of anilines is 1. The molecule has 3 rings (SSSR count). The van der Waals surface area contributed by atoms with Crippen LogP contribution in [0.2, 0.25) is 0 Å². The summed E-state index contributed by atoms with van der Waals surface area (Å²) in [6, 6.07) is 12.4. The van der Waals surface area contributed by atoms with Gasteiger partial charge >= 0.3 is 0 Å². The Balaban J connectivity index is 1.54. The van der Waals surface area contributed by atoms with Crippen molar-refractivity contribution in [3.8, 4) is 0 Å². The van der Waals surface area contributed by atoms with Gasteiger partial charge in [0.2, 0.25) is 0 Å². The molecule has 2 saturated heterocycles. The zero-order valence-corrected chi connectivity index (χ0v) is 11.2. The van der Waals surface area contributed by atoms with E-state index in [9.17, 15) is 0 Å². The topological polar surface area (TPSA) is 18.5 Å². The van der Waals surface area contributed by atoms with Crippen molar-refractivity contribution < 1.29 is 0 Å². The molecule has 18 heavy (non-hydrogen) atoms. The molecule has 3 heteroatoms. The average molecular weight is 245 g/mol. The Hall–Kier alpha value is -1.06. The number of benzene rings is 1. The summed E-state index contributed by atoms with van der Waals surface area (Å²) < 4.78 is 0. The van der Waals surface area contributed by atoms with Crippen LogP contribution in [0.3, 0.4) is 0 Å². The Morgan fingerprint density at radius 2 is 1.72 bits per heavy atom. The van der Waals surface area contributed by atoms with E-state index in [1.54, 1.807) is 0 Å². The Bertz CT molecular complexity index is 367. The van der Waals surface area contributed by atoms with Gasteiger partial charge in [-0.3, -0.25) is 4.90 Å². The lowest BCUT2D eigenvalue weighted by Crippen LogP contribution is -2.59. The summed E-state index contributed by atoms with van der Waals surface area (Å²) in [5.74, 6) is 0. The first-order valence-corrected chi connectivity index (χ1v) is 7.07. The van der Waals surface area contributed by atoms with E-state index in [1.165, 1.54) is 44.7 Å². The van der Waals surface area contributed by atoms with Crippen molar-refractivity contribution in [1.29, 1.82) is 0 Å². The first kappa shape index (κ1) is 12.0. The number of hydrogen-bond donors (Lipinski definition) is 1. The number of nitrogens with one attached hydrogen (secondary N) is 1. The van der Waals surface area contributed by atoms with Crippen molar-refractivity contribution in [2.24, 2.45) is 0 Å². The summed E-state index contributed by atoms with van der Waals surface area (Å²) in [4.78, 5) is 5.11. The van der Waals surface area contributed by atoms with Gasteiger partial charge < -0.3 is 10.2 Å². The zero-order chi connectivity index (χ0) is 12.4. The largest absolute Gasteiger partial charge is 0.371 e. The minimum absolute atomic E-state index is 0.775. The quantitative estimate of drug-likeness (QED) is 0.872. The predicted molar refractivity (Wildman–Crippen MR) is 76.1 cm³/mol. The van der Waals surface area contributed by atoms with E-state index >= 15 is 0 Å². The Kier molecular flexibility index (Phi) is 3.52. The highest BCUT2D eigenvalue weighted by Crippen LogP contribution is 2.23. The van der Waals surface area contributed by atoms with Crippen LogP contribution in [0.5, 0.6) is 0 Å². The van der Waals surface area contributed by atoms with Gasteiger partial charge in [-0.1, -0.05) is 18.2 Å². The van der Waals surface area contributed by atoms with Gasteiger partial charge in [0.05, 0.1) is 0 Å². The van der Waals surface area contributed by atoms with E-state index in [2.05, 4.69) is 52.5 Å². The fraction of sp³-hybridized carbons (Fsp3) is 0.600. The molecule has 3 nitrogen and oxygen atoms in total. The third kappa shape index (κ3) is 2.38. The third-order valence-corrected chi connectivity index (χ3v) is 4.50. The maximum atomic E-state index is 3.36. The lowest BCUT2D eigenvalue weighted by Gasteiger charge is -2.44. The molecule has 0 spiro atoms. The lowest BCUT2D eigenvalue weighted by molar-refractivity contribution is 0.111. The van der Waals surface area contributed by atoms with Crippen LogP contribution in [0.4, 0.5) is 5.69 Å². The summed E-state index contributed by atoms with van der Waals surface area (Å²) in [5, 5.41) is 3.36. The highest BCUT2D eigenvalue weighted by Gasteiger charge is 2.29. The highest BCUT2D eigenvalue weighted by molar-refractivity contribution is 5.46. The van der Waals surface area contributed by atoms with E-state index in [-0.39, 0.29) is 0 Å². The van der Waals surface area contributed by atoms with Crippen molar-refractivity contribution in [1.82, 2.24) is 10.2 Å². The molecule has 98 valence electrons. The van der Waals surface area contributed by atoms with Crippen LogP contribution in [-0.2, 0) is 0 Å². The Morgan fingerprint density at radius 3 is 2.28 bits per heavy atom. The van der Waals surface area contributed by atoms with Crippen LogP contribution >= 0.6 is 0 Å². The van der Waals surface area contributed by atoms with Crippen molar-refractivity contribution in [3.05, 3.63) is 30.3 Å². The number of likely N-dealkylation sites (N-methyl/N-ethyl adjacent to an activating group) is 1. The third-order valence-electron chi connectivity index (χ3n) is 4.50. The molecule has 1 aromatic carbocycles. The van der Waals surface area contributed by atoms with Crippen LogP contribution in [-0.4, -0.2) is 50.2 Å². The van der Waals surface area contributed by atoms with Gasteiger partial charge in [-0.25, -0.2) is 0 Å². The van der Waals surface area contributed by atoms with E-state index in [1.807, 2.05) is 0 Å². The van der Waals surface area contributed by atoms with Gasteiger partial charge in [0.15, 0.2) is 0 Å². The maximum Gasteiger partial charge on any atom is 0.0366 e. The second-order valence-corrected chi connectivity index (χ2v) is 5.53. The molecule has 0 radical (unpaired) electrons. The standard InChI is InChI=1S/C15H23N3/c1-17(15-11-16-12-15)13-7-9-18(10-8-13)14-5-3-2-4-6-14/h2-6,13,15-16H,7-12H2,1H3. The number of para-hydroxylation sites is 1. The first-order chi connectivity index (χ1) is 8.84. The van der Waals surface area contributed by atoms with Gasteiger partial charge in [0, 0.05) is 44.0 Å². The van der Waals surface area contributed by atoms with Crippen molar-refractivity contribution in [2.45, 2.75) is 24.9 Å². The van der Waals surface area contributed by atoms with Crippen LogP contribution in [0.1, 0.15) is 12.8 Å². The van der Waals surface area contributed by atoms with Crippen molar-refractivity contribution >= 4 is 5.69 Å². The molecule has 0 aromatic heterocycles. The van der Waals surface area contributed by atoms with E-state index < -0.39 is 0 Å². The summed E-state index contributed by atoms with van der Waals surface area (Å²) in [7, 11) is 2.30.